The van der Waals surface area contributed by atoms with Gasteiger partial charge in [0.25, 0.3) is 0 Å². The van der Waals surface area contributed by atoms with Crippen molar-refractivity contribution in [3.05, 3.63) is 14.7 Å². The molecule has 1 aromatic rings. The maximum absolute atomic E-state index is 12.7. The quantitative estimate of drug-likeness (QED) is 0.829. The highest BCUT2D eigenvalue weighted by molar-refractivity contribution is 9.11. The smallest absolute Gasteiger partial charge is 0.245 e. The summed E-state index contributed by atoms with van der Waals surface area (Å²) in [5.74, 6) is 0. The van der Waals surface area contributed by atoms with Gasteiger partial charge in [0, 0.05) is 37.2 Å². The largest absolute Gasteiger partial charge is 0.380 e. The third-order valence-corrected chi connectivity index (χ3v) is 7.34. The molecule has 0 spiro atoms. The molecule has 0 aromatic carbocycles. The fourth-order valence-electron chi connectivity index (χ4n) is 2.07. The molecule has 2 heterocycles. The van der Waals surface area contributed by atoms with Crippen LogP contribution in [0.2, 0.25) is 0 Å². The summed E-state index contributed by atoms with van der Waals surface area (Å²) in [7, 11) is -3.44. The first-order valence-corrected chi connectivity index (χ1v) is 10.1. The second kappa shape index (κ2) is 7.52. The van der Waals surface area contributed by atoms with E-state index in [9.17, 15) is 8.42 Å². The molecule has 0 saturated carbocycles. The van der Waals surface area contributed by atoms with Crippen molar-refractivity contribution in [2.75, 3.05) is 26.3 Å². The van der Waals surface area contributed by atoms with E-state index in [0.29, 0.717) is 47.6 Å². The van der Waals surface area contributed by atoms with Gasteiger partial charge in [0.2, 0.25) is 10.0 Å². The van der Waals surface area contributed by atoms with Crippen LogP contribution in [0.4, 0.5) is 0 Å². The van der Waals surface area contributed by atoms with E-state index in [2.05, 4.69) is 35.1 Å². The molecule has 0 bridgehead atoms. The van der Waals surface area contributed by atoms with E-state index in [1.807, 2.05) is 0 Å². The van der Waals surface area contributed by atoms with Crippen LogP contribution in [0.5, 0.6) is 0 Å². The highest BCUT2D eigenvalue weighted by atomic mass is 79.9. The van der Waals surface area contributed by atoms with E-state index >= 15 is 0 Å². The van der Waals surface area contributed by atoms with Gasteiger partial charge in [-0.2, -0.15) is 4.31 Å². The molecule has 8 heteroatoms. The van der Waals surface area contributed by atoms with Gasteiger partial charge >= 0.3 is 0 Å². The molecule has 1 saturated heterocycles. The number of sulfonamides is 1. The second-order valence-corrected chi connectivity index (χ2v) is 9.62. The Labute approximate surface area is 138 Å². The zero-order chi connectivity index (χ0) is 15.5. The molecule has 1 aliphatic rings. The van der Waals surface area contributed by atoms with Crippen LogP contribution in [0.15, 0.2) is 14.7 Å². The SMILES string of the molecule is CC(C)NCc1cc(S(=O)(=O)N2CCCOCC2)c(Br)s1. The summed E-state index contributed by atoms with van der Waals surface area (Å²) in [6, 6.07) is 2.14. The predicted octanol–water partition coefficient (Wildman–Crippen LogP) is 2.42. The summed E-state index contributed by atoms with van der Waals surface area (Å²) < 4.78 is 33.0. The monoisotopic (exact) mass is 396 g/mol. The number of thiophene rings is 1. The number of hydrogen-bond acceptors (Lipinski definition) is 5. The Morgan fingerprint density at radius 3 is 2.90 bits per heavy atom. The molecule has 0 amide bonds. The standard InChI is InChI=1S/C13H21BrN2O3S2/c1-10(2)15-9-11-8-12(13(14)20-11)21(17,18)16-4-3-6-19-7-5-16/h8,10,15H,3-7,9H2,1-2H3. The van der Waals surface area contributed by atoms with Crippen molar-refractivity contribution in [1.82, 2.24) is 9.62 Å². The van der Waals surface area contributed by atoms with Gasteiger partial charge in [-0.1, -0.05) is 13.8 Å². The first kappa shape index (κ1) is 17.4. The minimum absolute atomic E-state index is 0.369. The Balaban J connectivity index is 2.19. The molecule has 1 N–H and O–H groups in total. The van der Waals surface area contributed by atoms with Crippen molar-refractivity contribution in [2.45, 2.75) is 37.8 Å². The lowest BCUT2D eigenvalue weighted by atomic mass is 10.4. The average molecular weight is 397 g/mol. The Morgan fingerprint density at radius 1 is 1.43 bits per heavy atom. The average Bonchev–Trinajstić information content (AvgIpc) is 2.64. The molecule has 0 unspecified atom stereocenters. The van der Waals surface area contributed by atoms with E-state index in [1.165, 1.54) is 15.6 Å². The van der Waals surface area contributed by atoms with Crippen LogP contribution in [0.25, 0.3) is 0 Å². The maximum Gasteiger partial charge on any atom is 0.245 e. The zero-order valence-corrected chi connectivity index (χ0v) is 15.5. The molecule has 0 radical (unpaired) electrons. The molecule has 2 rings (SSSR count). The number of nitrogens with zero attached hydrogens (tertiary/aromatic N) is 1. The molecule has 1 fully saturated rings. The lowest BCUT2D eigenvalue weighted by Crippen LogP contribution is -2.33. The fourth-order valence-corrected chi connectivity index (χ4v) is 6.11. The van der Waals surface area contributed by atoms with Crippen molar-refractivity contribution in [1.29, 1.82) is 0 Å². The van der Waals surface area contributed by atoms with Crippen LogP contribution in [-0.2, 0) is 21.3 Å². The second-order valence-electron chi connectivity index (χ2n) is 5.26. The van der Waals surface area contributed by atoms with Crippen molar-refractivity contribution >= 4 is 37.3 Å². The number of rotatable bonds is 5. The van der Waals surface area contributed by atoms with Gasteiger partial charge in [0.15, 0.2) is 0 Å². The molecule has 21 heavy (non-hydrogen) atoms. The molecule has 5 nitrogen and oxygen atoms in total. The Kier molecular flexibility index (Phi) is 6.22. The van der Waals surface area contributed by atoms with E-state index in [0.717, 1.165) is 11.3 Å². The van der Waals surface area contributed by atoms with Gasteiger partial charge in [0.1, 0.15) is 4.90 Å². The van der Waals surface area contributed by atoms with Gasteiger partial charge in [0.05, 0.1) is 10.4 Å². The number of ether oxygens (including phenoxy) is 1. The predicted molar refractivity (Wildman–Crippen MR) is 88.2 cm³/mol. The molecule has 0 atom stereocenters. The van der Waals surface area contributed by atoms with Crippen molar-refractivity contribution in [3.8, 4) is 0 Å². The van der Waals surface area contributed by atoms with Gasteiger partial charge < -0.3 is 10.1 Å². The van der Waals surface area contributed by atoms with E-state index in [1.54, 1.807) is 6.07 Å². The third kappa shape index (κ3) is 4.49. The molecular weight excluding hydrogens is 376 g/mol. The summed E-state index contributed by atoms with van der Waals surface area (Å²) in [5.41, 5.74) is 0. The van der Waals surface area contributed by atoms with Crippen molar-refractivity contribution in [2.24, 2.45) is 0 Å². The Bertz CT molecular complexity index is 564. The van der Waals surface area contributed by atoms with Crippen LogP contribution < -0.4 is 5.32 Å². The van der Waals surface area contributed by atoms with Gasteiger partial charge in [-0.15, -0.1) is 11.3 Å². The number of halogens is 1. The molecule has 120 valence electrons. The highest BCUT2D eigenvalue weighted by Crippen LogP contribution is 2.33. The molecular formula is C13H21BrN2O3S2. The van der Waals surface area contributed by atoms with Gasteiger partial charge in [-0.3, -0.25) is 0 Å². The number of hydrogen-bond donors (Lipinski definition) is 1. The zero-order valence-electron chi connectivity index (χ0n) is 12.3. The van der Waals surface area contributed by atoms with Crippen LogP contribution >= 0.6 is 27.3 Å². The maximum atomic E-state index is 12.7. The summed E-state index contributed by atoms with van der Waals surface area (Å²) >= 11 is 4.87. The van der Waals surface area contributed by atoms with Crippen LogP contribution in [-0.4, -0.2) is 45.1 Å². The van der Waals surface area contributed by atoms with E-state index in [-0.39, 0.29) is 0 Å². The van der Waals surface area contributed by atoms with Crippen LogP contribution in [0, 0.1) is 0 Å². The third-order valence-electron chi connectivity index (χ3n) is 3.19. The Hall–Kier alpha value is 0.01000. The molecule has 1 aromatic heterocycles. The van der Waals surface area contributed by atoms with Crippen molar-refractivity contribution in [3.63, 3.8) is 0 Å². The highest BCUT2D eigenvalue weighted by Gasteiger charge is 2.29. The van der Waals surface area contributed by atoms with Crippen LogP contribution in [0.3, 0.4) is 0 Å². The van der Waals surface area contributed by atoms with Gasteiger partial charge in [-0.25, -0.2) is 8.42 Å². The summed E-state index contributed by atoms with van der Waals surface area (Å²) in [4.78, 5) is 1.38. The molecule has 0 aliphatic carbocycles. The normalized spacial score (nSPS) is 18.1. The minimum Gasteiger partial charge on any atom is -0.380 e. The fraction of sp³-hybridized carbons (Fsp3) is 0.692. The minimum atomic E-state index is -3.44. The lowest BCUT2D eigenvalue weighted by Gasteiger charge is -2.18. The van der Waals surface area contributed by atoms with E-state index in [4.69, 9.17) is 4.74 Å². The summed E-state index contributed by atoms with van der Waals surface area (Å²) in [6.45, 7) is 6.84. The Morgan fingerprint density at radius 2 is 2.19 bits per heavy atom. The topological polar surface area (TPSA) is 58.6 Å². The first-order chi connectivity index (χ1) is 9.91. The molecule has 1 aliphatic heterocycles. The lowest BCUT2D eigenvalue weighted by molar-refractivity contribution is 0.148. The number of nitrogens with one attached hydrogen (secondary N) is 1. The summed E-state index contributed by atoms with van der Waals surface area (Å²) in [6.07, 6.45) is 0.739. The first-order valence-electron chi connectivity index (χ1n) is 7.00. The van der Waals surface area contributed by atoms with Gasteiger partial charge in [-0.05, 0) is 28.4 Å². The van der Waals surface area contributed by atoms with Crippen LogP contribution in [0.1, 0.15) is 25.1 Å². The summed E-state index contributed by atoms with van der Waals surface area (Å²) in [5, 5.41) is 3.30. The van der Waals surface area contributed by atoms with Crippen molar-refractivity contribution < 1.29 is 13.2 Å². The van der Waals surface area contributed by atoms with E-state index < -0.39 is 10.0 Å².